The van der Waals surface area contributed by atoms with E-state index in [9.17, 15) is 4.79 Å². The minimum atomic E-state index is -0.417. The number of nitrogens with one attached hydrogen (secondary N) is 1. The van der Waals surface area contributed by atoms with Crippen molar-refractivity contribution >= 4 is 5.91 Å². The van der Waals surface area contributed by atoms with E-state index in [1.54, 1.807) is 6.92 Å². The summed E-state index contributed by atoms with van der Waals surface area (Å²) in [5.41, 5.74) is 6.03. The van der Waals surface area contributed by atoms with Gasteiger partial charge in [-0.05, 0) is 33.6 Å². The highest BCUT2D eigenvalue weighted by molar-refractivity contribution is 5.80. The molecule has 0 aromatic heterocycles. The summed E-state index contributed by atoms with van der Waals surface area (Å²) in [5, 5.41) is 2.84. The fraction of sp³-hybridized carbons (Fsp3) is 0.923. The molecular weight excluding hydrogens is 216 g/mol. The second-order valence-corrected chi connectivity index (χ2v) is 5.54. The van der Waals surface area contributed by atoms with Gasteiger partial charge in [-0.25, -0.2) is 0 Å². The molecule has 1 atom stereocenters. The highest BCUT2D eigenvalue weighted by Crippen LogP contribution is 2.26. The van der Waals surface area contributed by atoms with Crippen LogP contribution in [0.15, 0.2) is 0 Å². The van der Waals surface area contributed by atoms with Gasteiger partial charge in [-0.2, -0.15) is 0 Å². The minimum absolute atomic E-state index is 0.0561. The summed E-state index contributed by atoms with van der Waals surface area (Å²) in [6.07, 6.45) is 5.21. The molecule has 4 heteroatoms. The molecule has 0 heterocycles. The van der Waals surface area contributed by atoms with Gasteiger partial charge in [0.15, 0.2) is 0 Å². The third-order valence-electron chi connectivity index (χ3n) is 3.27. The van der Waals surface area contributed by atoms with E-state index in [1.165, 1.54) is 19.3 Å². The van der Waals surface area contributed by atoms with Crippen LogP contribution in [0.4, 0.5) is 0 Å². The molecule has 1 saturated carbocycles. The third-order valence-corrected chi connectivity index (χ3v) is 3.27. The van der Waals surface area contributed by atoms with Gasteiger partial charge in [-0.1, -0.05) is 19.3 Å². The number of hydrogen-bond acceptors (Lipinski definition) is 3. The number of carbonyl (C=O) groups is 1. The van der Waals surface area contributed by atoms with E-state index in [0.29, 0.717) is 6.61 Å². The molecule has 1 aliphatic rings. The zero-order chi connectivity index (χ0) is 12.9. The van der Waals surface area contributed by atoms with Crippen molar-refractivity contribution in [2.45, 2.75) is 70.6 Å². The maximum atomic E-state index is 11.7. The zero-order valence-electron chi connectivity index (χ0n) is 11.3. The van der Waals surface area contributed by atoms with Crippen LogP contribution in [-0.2, 0) is 9.53 Å². The molecule has 1 rings (SSSR count). The average molecular weight is 242 g/mol. The Balaban J connectivity index is 2.31. The molecule has 1 aliphatic carbocycles. The van der Waals surface area contributed by atoms with Crippen LogP contribution in [0.2, 0.25) is 0 Å². The summed E-state index contributed by atoms with van der Waals surface area (Å²) < 4.78 is 5.61. The molecule has 0 saturated heterocycles. The van der Waals surface area contributed by atoms with Crippen LogP contribution in [0.1, 0.15) is 52.9 Å². The third kappa shape index (κ3) is 5.04. The fourth-order valence-electron chi connectivity index (χ4n) is 2.17. The number of carbonyl (C=O) groups excluding carboxylic acids is 1. The Bertz CT molecular complexity index is 248. The van der Waals surface area contributed by atoms with Crippen molar-refractivity contribution in [1.82, 2.24) is 5.32 Å². The Morgan fingerprint density at radius 3 is 2.41 bits per heavy atom. The summed E-state index contributed by atoms with van der Waals surface area (Å²) in [4.78, 5) is 11.7. The Morgan fingerprint density at radius 2 is 1.88 bits per heavy atom. The quantitative estimate of drug-likeness (QED) is 0.769. The lowest BCUT2D eigenvalue weighted by molar-refractivity contribution is -0.133. The van der Waals surface area contributed by atoms with Crippen LogP contribution in [0.3, 0.4) is 0 Å². The van der Waals surface area contributed by atoms with Crippen molar-refractivity contribution in [3.8, 4) is 0 Å². The highest BCUT2D eigenvalue weighted by Gasteiger charge is 2.29. The standard InChI is InChI=1S/C13H26N2O2/c1-10(2)15-12(16)11(3)17-9-13(14)7-5-4-6-8-13/h10-11H,4-9,14H2,1-3H3,(H,15,16). The first-order valence-corrected chi connectivity index (χ1v) is 6.64. The Kier molecular flexibility index (Phi) is 5.40. The van der Waals surface area contributed by atoms with Gasteiger partial charge in [-0.15, -0.1) is 0 Å². The lowest BCUT2D eigenvalue weighted by atomic mass is 9.83. The number of ether oxygens (including phenoxy) is 1. The Hall–Kier alpha value is -0.610. The lowest BCUT2D eigenvalue weighted by Crippen LogP contribution is -2.48. The molecule has 4 nitrogen and oxygen atoms in total. The molecule has 0 aromatic rings. The van der Waals surface area contributed by atoms with Gasteiger partial charge < -0.3 is 15.8 Å². The maximum absolute atomic E-state index is 11.7. The second-order valence-electron chi connectivity index (χ2n) is 5.54. The van der Waals surface area contributed by atoms with E-state index in [0.717, 1.165) is 12.8 Å². The molecule has 0 spiro atoms. The first-order chi connectivity index (χ1) is 7.93. The molecule has 1 fully saturated rings. The van der Waals surface area contributed by atoms with Crippen LogP contribution in [0.25, 0.3) is 0 Å². The SMILES string of the molecule is CC(C)NC(=O)C(C)OCC1(N)CCCCC1. The van der Waals surface area contributed by atoms with Gasteiger partial charge in [0.1, 0.15) is 6.10 Å². The number of amides is 1. The predicted octanol–water partition coefficient (Wildman–Crippen LogP) is 1.58. The van der Waals surface area contributed by atoms with Crippen molar-refractivity contribution in [3.63, 3.8) is 0 Å². The summed E-state index contributed by atoms with van der Waals surface area (Å²) in [7, 11) is 0. The van der Waals surface area contributed by atoms with Crippen molar-refractivity contribution < 1.29 is 9.53 Å². The van der Waals surface area contributed by atoms with Gasteiger partial charge in [0.25, 0.3) is 0 Å². The van der Waals surface area contributed by atoms with Crippen molar-refractivity contribution in [2.75, 3.05) is 6.61 Å². The summed E-state index contributed by atoms with van der Waals surface area (Å²) in [6.45, 7) is 6.15. The summed E-state index contributed by atoms with van der Waals surface area (Å²) in [5.74, 6) is -0.0561. The first-order valence-electron chi connectivity index (χ1n) is 6.64. The van der Waals surface area contributed by atoms with E-state index in [2.05, 4.69) is 5.32 Å². The van der Waals surface area contributed by atoms with E-state index in [4.69, 9.17) is 10.5 Å². The molecular formula is C13H26N2O2. The smallest absolute Gasteiger partial charge is 0.249 e. The molecule has 3 N–H and O–H groups in total. The van der Waals surface area contributed by atoms with Crippen LogP contribution < -0.4 is 11.1 Å². The lowest BCUT2D eigenvalue weighted by Gasteiger charge is -2.33. The first kappa shape index (κ1) is 14.5. The normalized spacial score (nSPS) is 21.2. The van der Waals surface area contributed by atoms with Gasteiger partial charge >= 0.3 is 0 Å². The van der Waals surface area contributed by atoms with E-state index >= 15 is 0 Å². The van der Waals surface area contributed by atoms with Gasteiger partial charge in [0.2, 0.25) is 5.91 Å². The van der Waals surface area contributed by atoms with Crippen LogP contribution in [0.5, 0.6) is 0 Å². The monoisotopic (exact) mass is 242 g/mol. The van der Waals surface area contributed by atoms with Crippen molar-refractivity contribution in [3.05, 3.63) is 0 Å². The molecule has 0 radical (unpaired) electrons. The predicted molar refractivity (Wildman–Crippen MR) is 68.7 cm³/mol. The summed E-state index contributed by atoms with van der Waals surface area (Å²) in [6, 6.07) is 0.148. The topological polar surface area (TPSA) is 64.3 Å². The number of rotatable bonds is 5. The Labute approximate surface area is 104 Å². The summed E-state index contributed by atoms with van der Waals surface area (Å²) >= 11 is 0. The molecule has 1 unspecified atom stereocenters. The van der Waals surface area contributed by atoms with E-state index < -0.39 is 6.10 Å². The van der Waals surface area contributed by atoms with E-state index in [1.807, 2.05) is 13.8 Å². The van der Waals surface area contributed by atoms with Gasteiger partial charge in [0, 0.05) is 11.6 Å². The fourth-order valence-corrected chi connectivity index (χ4v) is 2.17. The van der Waals surface area contributed by atoms with Crippen LogP contribution >= 0.6 is 0 Å². The van der Waals surface area contributed by atoms with Crippen molar-refractivity contribution in [1.29, 1.82) is 0 Å². The van der Waals surface area contributed by atoms with Crippen LogP contribution in [0, 0.1) is 0 Å². The average Bonchev–Trinajstić information content (AvgIpc) is 2.26. The zero-order valence-corrected chi connectivity index (χ0v) is 11.3. The molecule has 0 bridgehead atoms. The van der Waals surface area contributed by atoms with Crippen LogP contribution in [-0.4, -0.2) is 30.2 Å². The number of nitrogens with two attached hydrogens (primary N) is 1. The maximum Gasteiger partial charge on any atom is 0.249 e. The molecule has 0 aliphatic heterocycles. The van der Waals surface area contributed by atoms with Crippen molar-refractivity contribution in [2.24, 2.45) is 5.73 Å². The van der Waals surface area contributed by atoms with Gasteiger partial charge in [-0.3, -0.25) is 4.79 Å². The number of hydrogen-bond donors (Lipinski definition) is 2. The molecule has 1 amide bonds. The second kappa shape index (κ2) is 6.36. The molecule has 17 heavy (non-hydrogen) atoms. The highest BCUT2D eigenvalue weighted by atomic mass is 16.5. The largest absolute Gasteiger partial charge is 0.367 e. The van der Waals surface area contributed by atoms with E-state index in [-0.39, 0.29) is 17.5 Å². The molecule has 0 aromatic carbocycles. The molecule has 100 valence electrons. The Morgan fingerprint density at radius 1 is 1.29 bits per heavy atom. The van der Waals surface area contributed by atoms with Gasteiger partial charge in [0.05, 0.1) is 6.61 Å². The minimum Gasteiger partial charge on any atom is -0.367 e.